The number of aromatic hydroxyl groups is 1. The van der Waals surface area contributed by atoms with Crippen LogP contribution in [0.4, 0.5) is 0 Å². The number of benzene rings is 1. The van der Waals surface area contributed by atoms with Crippen molar-refractivity contribution in [1.29, 1.82) is 0 Å². The second-order valence-electron chi connectivity index (χ2n) is 2.31. The number of phenolic OH excluding ortho intramolecular Hbond substituents is 1. The molecule has 0 heterocycles. The predicted octanol–water partition coefficient (Wildman–Crippen LogP) is 3.28. The Balaban J connectivity index is 3.33. The second kappa shape index (κ2) is 4.31. The van der Waals surface area contributed by atoms with Gasteiger partial charge in [-0.3, -0.25) is 4.79 Å². The summed E-state index contributed by atoms with van der Waals surface area (Å²) in [6, 6.07) is 2.91. The summed E-state index contributed by atoms with van der Waals surface area (Å²) in [6.07, 6.45) is 0. The van der Waals surface area contributed by atoms with Gasteiger partial charge in [-0.1, -0.05) is 39.1 Å². The van der Waals surface area contributed by atoms with Crippen molar-refractivity contribution in [2.45, 2.75) is 0 Å². The Labute approximate surface area is 93.6 Å². The molecular weight excluding hydrogens is 279 g/mol. The molecule has 0 aliphatic carbocycles. The first-order valence-corrected chi connectivity index (χ1v) is 5.21. The molecule has 0 saturated heterocycles. The Bertz CT molecular complexity index is 352. The number of halogens is 3. The van der Waals surface area contributed by atoms with Crippen molar-refractivity contribution in [3.05, 3.63) is 27.7 Å². The quantitative estimate of drug-likeness (QED) is 0.668. The van der Waals surface area contributed by atoms with Gasteiger partial charge in [-0.15, -0.1) is 0 Å². The molecule has 1 N–H and O–H groups in total. The average Bonchev–Trinajstić information content (AvgIpc) is 2.12. The molecule has 1 rings (SSSR count). The van der Waals surface area contributed by atoms with E-state index in [2.05, 4.69) is 15.9 Å². The minimum atomic E-state index is -0.301. The number of hydrogen-bond donors (Lipinski definition) is 1. The normalized spacial score (nSPS) is 10.1. The van der Waals surface area contributed by atoms with Gasteiger partial charge in [0.2, 0.25) is 0 Å². The Morgan fingerprint density at radius 1 is 1.38 bits per heavy atom. The van der Waals surface area contributed by atoms with E-state index < -0.39 is 0 Å². The highest BCUT2D eigenvalue weighted by atomic mass is 79.9. The van der Waals surface area contributed by atoms with Crippen LogP contribution in [-0.2, 0) is 0 Å². The number of carbonyl (C=O) groups excluding carboxylic acids is 1. The molecule has 0 radical (unpaired) electrons. The average molecular weight is 284 g/mol. The van der Waals surface area contributed by atoms with Crippen molar-refractivity contribution in [3.8, 4) is 5.75 Å². The van der Waals surface area contributed by atoms with Crippen molar-refractivity contribution >= 4 is 44.9 Å². The van der Waals surface area contributed by atoms with E-state index in [-0.39, 0.29) is 32.5 Å². The lowest BCUT2D eigenvalue weighted by Gasteiger charge is -2.05. The molecule has 0 unspecified atom stereocenters. The van der Waals surface area contributed by atoms with Crippen LogP contribution in [0.1, 0.15) is 10.4 Å². The minimum Gasteiger partial charge on any atom is -0.506 e. The SMILES string of the molecule is O=C(CBr)c1c(Cl)ccc(Cl)c1O. The minimum absolute atomic E-state index is 0.0611. The molecule has 0 aliphatic heterocycles. The maximum atomic E-state index is 11.3. The second-order valence-corrected chi connectivity index (χ2v) is 3.68. The Morgan fingerprint density at radius 3 is 2.46 bits per heavy atom. The fourth-order valence-corrected chi connectivity index (χ4v) is 1.57. The number of phenols is 1. The van der Waals surface area contributed by atoms with Crippen molar-refractivity contribution < 1.29 is 9.90 Å². The zero-order valence-corrected chi connectivity index (χ0v) is 9.45. The van der Waals surface area contributed by atoms with Crippen LogP contribution >= 0.6 is 39.1 Å². The molecule has 1 aromatic rings. The largest absolute Gasteiger partial charge is 0.506 e. The van der Waals surface area contributed by atoms with Crippen LogP contribution in [0.5, 0.6) is 5.75 Å². The van der Waals surface area contributed by atoms with E-state index in [1.54, 1.807) is 0 Å². The van der Waals surface area contributed by atoms with Gasteiger partial charge in [0.15, 0.2) is 5.78 Å². The molecule has 1 aromatic carbocycles. The molecule has 0 saturated carbocycles. The Kier molecular flexibility index (Phi) is 3.59. The maximum absolute atomic E-state index is 11.3. The summed E-state index contributed by atoms with van der Waals surface area (Å²) in [6.45, 7) is 0. The summed E-state index contributed by atoms with van der Waals surface area (Å²) < 4.78 is 0. The zero-order chi connectivity index (χ0) is 10.0. The van der Waals surface area contributed by atoms with Crippen LogP contribution in [0.3, 0.4) is 0 Å². The van der Waals surface area contributed by atoms with E-state index in [1.165, 1.54) is 12.1 Å². The molecule has 0 bridgehead atoms. The van der Waals surface area contributed by atoms with E-state index in [1.807, 2.05) is 0 Å². The van der Waals surface area contributed by atoms with Gasteiger partial charge in [-0.05, 0) is 12.1 Å². The first kappa shape index (κ1) is 10.8. The van der Waals surface area contributed by atoms with E-state index in [0.717, 1.165) is 0 Å². The van der Waals surface area contributed by atoms with Gasteiger partial charge in [-0.2, -0.15) is 0 Å². The summed E-state index contributed by atoms with van der Waals surface area (Å²) in [5.41, 5.74) is 0.0611. The lowest BCUT2D eigenvalue weighted by atomic mass is 10.1. The summed E-state index contributed by atoms with van der Waals surface area (Å²) >= 11 is 14.3. The van der Waals surface area contributed by atoms with Crippen molar-refractivity contribution in [2.24, 2.45) is 0 Å². The number of Topliss-reactive ketones (excluding diaryl/α,β-unsaturated/α-hetero) is 1. The van der Waals surface area contributed by atoms with Crippen LogP contribution in [-0.4, -0.2) is 16.2 Å². The van der Waals surface area contributed by atoms with Gasteiger partial charge in [0.25, 0.3) is 0 Å². The van der Waals surface area contributed by atoms with Gasteiger partial charge >= 0.3 is 0 Å². The van der Waals surface area contributed by atoms with E-state index in [9.17, 15) is 9.90 Å². The molecule has 0 amide bonds. The van der Waals surface area contributed by atoms with Crippen LogP contribution in [0, 0.1) is 0 Å². The highest BCUT2D eigenvalue weighted by Gasteiger charge is 2.16. The summed E-state index contributed by atoms with van der Waals surface area (Å²) in [5.74, 6) is -0.566. The third kappa shape index (κ3) is 2.16. The number of ketones is 1. The lowest BCUT2D eigenvalue weighted by molar-refractivity contribution is 0.102. The summed E-state index contributed by atoms with van der Waals surface area (Å²) in [4.78, 5) is 11.3. The maximum Gasteiger partial charge on any atom is 0.178 e. The third-order valence-corrected chi connectivity index (χ3v) is 2.61. The first-order chi connectivity index (χ1) is 6.07. The van der Waals surface area contributed by atoms with Gasteiger partial charge in [-0.25, -0.2) is 0 Å². The van der Waals surface area contributed by atoms with Gasteiger partial charge in [0, 0.05) is 0 Å². The number of hydrogen-bond acceptors (Lipinski definition) is 2. The molecule has 0 atom stereocenters. The smallest absolute Gasteiger partial charge is 0.178 e. The number of alkyl halides is 1. The molecule has 0 fully saturated rings. The van der Waals surface area contributed by atoms with Crippen molar-refractivity contribution in [3.63, 3.8) is 0 Å². The summed E-state index contributed by atoms with van der Waals surface area (Å²) in [5, 5.41) is 9.84. The van der Waals surface area contributed by atoms with Gasteiger partial charge < -0.3 is 5.11 Å². The molecule has 13 heavy (non-hydrogen) atoms. The topological polar surface area (TPSA) is 37.3 Å². The number of rotatable bonds is 2. The first-order valence-electron chi connectivity index (χ1n) is 3.34. The van der Waals surface area contributed by atoms with Crippen LogP contribution in [0.2, 0.25) is 10.0 Å². The lowest BCUT2D eigenvalue weighted by Crippen LogP contribution is -2.01. The van der Waals surface area contributed by atoms with Crippen LogP contribution in [0.15, 0.2) is 12.1 Å². The van der Waals surface area contributed by atoms with E-state index in [0.29, 0.717) is 0 Å². The fourth-order valence-electron chi connectivity index (χ4n) is 0.873. The fraction of sp³-hybridized carbons (Fsp3) is 0.125. The molecule has 2 nitrogen and oxygen atoms in total. The summed E-state index contributed by atoms with van der Waals surface area (Å²) in [7, 11) is 0. The highest BCUT2D eigenvalue weighted by Crippen LogP contribution is 2.33. The standard InChI is InChI=1S/C8H5BrCl2O2/c9-3-6(12)7-4(10)1-2-5(11)8(7)13/h1-2,13H,3H2. The van der Waals surface area contributed by atoms with Crippen LogP contribution < -0.4 is 0 Å². The Morgan fingerprint density at radius 2 is 1.92 bits per heavy atom. The van der Waals surface area contributed by atoms with Crippen molar-refractivity contribution in [1.82, 2.24) is 0 Å². The molecule has 0 aliphatic rings. The van der Waals surface area contributed by atoms with E-state index >= 15 is 0 Å². The predicted molar refractivity (Wildman–Crippen MR) is 56.3 cm³/mol. The zero-order valence-electron chi connectivity index (χ0n) is 6.35. The van der Waals surface area contributed by atoms with Crippen LogP contribution in [0.25, 0.3) is 0 Å². The molecular formula is C8H5BrCl2O2. The van der Waals surface area contributed by atoms with E-state index in [4.69, 9.17) is 23.2 Å². The monoisotopic (exact) mass is 282 g/mol. The molecule has 70 valence electrons. The molecule has 5 heteroatoms. The third-order valence-electron chi connectivity index (χ3n) is 1.48. The van der Waals surface area contributed by atoms with Gasteiger partial charge in [0.05, 0.1) is 20.9 Å². The van der Waals surface area contributed by atoms with Crippen molar-refractivity contribution in [2.75, 3.05) is 5.33 Å². The molecule has 0 spiro atoms. The Hall–Kier alpha value is -0.250. The number of carbonyl (C=O) groups is 1. The highest BCUT2D eigenvalue weighted by molar-refractivity contribution is 9.09. The molecule has 0 aromatic heterocycles. The van der Waals surface area contributed by atoms with Gasteiger partial charge in [0.1, 0.15) is 5.75 Å².